The van der Waals surface area contributed by atoms with Crippen LogP contribution in [0.5, 0.6) is 5.75 Å². The Kier molecular flexibility index (Phi) is 9.34. The summed E-state index contributed by atoms with van der Waals surface area (Å²) >= 11 is 0. The molecule has 186 valence electrons. The van der Waals surface area contributed by atoms with Gasteiger partial charge < -0.3 is 15.4 Å². The number of hydrogen-bond donors (Lipinski definition) is 2. The monoisotopic (exact) mass is 466 g/mol. The van der Waals surface area contributed by atoms with Crippen molar-refractivity contribution in [3.63, 3.8) is 0 Å². The van der Waals surface area contributed by atoms with Crippen molar-refractivity contribution in [2.75, 3.05) is 32.7 Å². The number of hydrogen-bond acceptors (Lipinski definition) is 5. The maximum absolute atomic E-state index is 12.6. The second kappa shape index (κ2) is 12.2. The summed E-state index contributed by atoms with van der Waals surface area (Å²) in [4.78, 5) is 19.5. The molecule has 6 nitrogen and oxygen atoms in total. The highest BCUT2D eigenvalue weighted by atomic mass is 16.5. The maximum atomic E-state index is 12.6. The molecule has 1 amide bonds. The number of carbonyl (C=O) groups is 1. The number of amides is 1. The summed E-state index contributed by atoms with van der Waals surface area (Å²) in [5.41, 5.74) is 3.69. The molecular formula is C28H42N4O2. The van der Waals surface area contributed by atoms with Crippen LogP contribution >= 0.6 is 0 Å². The zero-order valence-corrected chi connectivity index (χ0v) is 21.6. The molecule has 4 rings (SSSR count). The highest BCUT2D eigenvalue weighted by Crippen LogP contribution is 2.38. The van der Waals surface area contributed by atoms with Gasteiger partial charge in [0.15, 0.2) is 5.84 Å². The molecule has 0 aliphatic carbocycles. The molecule has 0 unspecified atom stereocenters. The first-order valence-electron chi connectivity index (χ1n) is 12.8. The molecule has 6 heteroatoms. The third kappa shape index (κ3) is 7.20. The fourth-order valence-electron chi connectivity index (χ4n) is 4.68. The van der Waals surface area contributed by atoms with E-state index in [1.807, 2.05) is 26.0 Å². The molecule has 0 atom stereocenters. The zero-order valence-electron chi connectivity index (χ0n) is 21.6. The van der Waals surface area contributed by atoms with Gasteiger partial charge in [-0.2, -0.15) is 0 Å². The molecule has 2 N–H and O–H groups in total. The van der Waals surface area contributed by atoms with Gasteiger partial charge in [-0.1, -0.05) is 55.8 Å². The number of carbonyl (C=O) groups excluding carboxylic acids is 1. The van der Waals surface area contributed by atoms with Crippen LogP contribution in [0.4, 0.5) is 0 Å². The van der Waals surface area contributed by atoms with Gasteiger partial charge in [-0.15, -0.1) is 0 Å². The molecule has 34 heavy (non-hydrogen) atoms. The molecule has 1 aromatic rings. The maximum Gasteiger partial charge on any atom is 0.286 e. The van der Waals surface area contributed by atoms with E-state index in [2.05, 4.69) is 65.6 Å². The van der Waals surface area contributed by atoms with Gasteiger partial charge in [0, 0.05) is 31.6 Å². The van der Waals surface area contributed by atoms with E-state index in [1.54, 1.807) is 0 Å². The van der Waals surface area contributed by atoms with Crippen LogP contribution in [0.1, 0.15) is 58.6 Å². The molecule has 0 radical (unpaired) electrons. The minimum absolute atomic E-state index is 0.103. The molecule has 0 saturated carbocycles. The molecule has 0 bridgehead atoms. The van der Waals surface area contributed by atoms with Crippen molar-refractivity contribution in [2.24, 2.45) is 10.9 Å². The number of allylic oxidation sites excluding steroid dienone is 2. The van der Waals surface area contributed by atoms with Gasteiger partial charge in [-0.3, -0.25) is 14.7 Å². The molecule has 3 aliphatic heterocycles. The molecular weight excluding hydrogens is 424 g/mol. The Bertz CT molecular complexity index is 924. The SMILES string of the molecule is CC.CC1=C/CNC(C(=O)NCC2CCN(Cc3cccc4c3OC(C)(C)C4)CC2)=NC/C=C\1. The Labute approximate surface area is 205 Å². The lowest BCUT2D eigenvalue weighted by molar-refractivity contribution is -0.115. The first-order chi connectivity index (χ1) is 16.4. The Morgan fingerprint density at radius 1 is 1.26 bits per heavy atom. The van der Waals surface area contributed by atoms with E-state index in [0.717, 1.165) is 44.6 Å². The highest BCUT2D eigenvalue weighted by Gasteiger charge is 2.32. The fraction of sp³-hybridized carbons (Fsp3) is 0.571. The summed E-state index contributed by atoms with van der Waals surface area (Å²) in [5.74, 6) is 1.92. The van der Waals surface area contributed by atoms with Crippen LogP contribution in [0.15, 0.2) is 47.0 Å². The van der Waals surface area contributed by atoms with Crippen LogP contribution < -0.4 is 15.4 Å². The minimum Gasteiger partial charge on any atom is -0.487 e. The van der Waals surface area contributed by atoms with Gasteiger partial charge in [-0.25, -0.2) is 0 Å². The normalized spacial score (nSPS) is 22.6. The van der Waals surface area contributed by atoms with Crippen molar-refractivity contribution in [1.82, 2.24) is 15.5 Å². The summed E-state index contributed by atoms with van der Waals surface area (Å²) in [5, 5.41) is 6.24. The van der Waals surface area contributed by atoms with E-state index in [1.165, 1.54) is 16.7 Å². The van der Waals surface area contributed by atoms with Gasteiger partial charge in [0.2, 0.25) is 0 Å². The molecule has 1 saturated heterocycles. The van der Waals surface area contributed by atoms with E-state index in [-0.39, 0.29) is 11.5 Å². The summed E-state index contributed by atoms with van der Waals surface area (Å²) in [6, 6.07) is 6.54. The summed E-state index contributed by atoms with van der Waals surface area (Å²) in [7, 11) is 0. The molecule has 0 spiro atoms. The second-order valence-corrected chi connectivity index (χ2v) is 9.79. The predicted molar refractivity (Wildman–Crippen MR) is 140 cm³/mol. The van der Waals surface area contributed by atoms with Crippen molar-refractivity contribution in [1.29, 1.82) is 0 Å². The van der Waals surface area contributed by atoms with E-state index >= 15 is 0 Å². The zero-order chi connectivity index (χ0) is 24.6. The van der Waals surface area contributed by atoms with Gasteiger partial charge in [-0.05, 0) is 58.2 Å². The number of rotatable bonds is 5. The fourth-order valence-corrected chi connectivity index (χ4v) is 4.68. The molecule has 1 aromatic carbocycles. The lowest BCUT2D eigenvalue weighted by Gasteiger charge is -2.32. The second-order valence-electron chi connectivity index (χ2n) is 9.79. The number of para-hydroxylation sites is 1. The van der Waals surface area contributed by atoms with Crippen molar-refractivity contribution in [3.05, 3.63) is 53.1 Å². The Hall–Kier alpha value is -2.60. The lowest BCUT2D eigenvalue weighted by atomic mass is 9.96. The topological polar surface area (TPSA) is 66.0 Å². The first-order valence-corrected chi connectivity index (χ1v) is 12.8. The van der Waals surface area contributed by atoms with Crippen LogP contribution in [-0.4, -0.2) is 55.0 Å². The number of fused-ring (bicyclic) bond motifs is 1. The van der Waals surface area contributed by atoms with E-state index in [9.17, 15) is 4.79 Å². The number of benzene rings is 1. The lowest BCUT2D eigenvalue weighted by Crippen LogP contribution is -2.44. The van der Waals surface area contributed by atoms with E-state index < -0.39 is 0 Å². The molecule has 3 aliphatic rings. The average molecular weight is 467 g/mol. The predicted octanol–water partition coefficient (Wildman–Crippen LogP) is 4.26. The Morgan fingerprint density at radius 2 is 2.03 bits per heavy atom. The van der Waals surface area contributed by atoms with Crippen molar-refractivity contribution in [2.45, 2.75) is 66.0 Å². The van der Waals surface area contributed by atoms with Crippen LogP contribution in [-0.2, 0) is 17.8 Å². The van der Waals surface area contributed by atoms with Gasteiger partial charge in [0.25, 0.3) is 5.91 Å². The average Bonchev–Trinajstić information content (AvgIpc) is 3.20. The van der Waals surface area contributed by atoms with Crippen molar-refractivity contribution >= 4 is 11.7 Å². The molecule has 0 aromatic heterocycles. The van der Waals surface area contributed by atoms with E-state index in [0.29, 0.717) is 31.4 Å². The van der Waals surface area contributed by atoms with Crippen LogP contribution in [0, 0.1) is 5.92 Å². The number of ether oxygens (including phenoxy) is 1. The Balaban J connectivity index is 0.00000158. The van der Waals surface area contributed by atoms with Crippen LogP contribution in [0.3, 0.4) is 0 Å². The third-order valence-corrected chi connectivity index (χ3v) is 6.47. The number of amidine groups is 1. The minimum atomic E-state index is -0.107. The smallest absolute Gasteiger partial charge is 0.286 e. The first kappa shape index (κ1) is 26.0. The van der Waals surface area contributed by atoms with Gasteiger partial charge in [0.05, 0.1) is 6.54 Å². The van der Waals surface area contributed by atoms with E-state index in [4.69, 9.17) is 4.74 Å². The molecule has 1 fully saturated rings. The Morgan fingerprint density at radius 3 is 2.79 bits per heavy atom. The third-order valence-electron chi connectivity index (χ3n) is 6.47. The summed E-state index contributed by atoms with van der Waals surface area (Å²) < 4.78 is 6.24. The quantitative estimate of drug-likeness (QED) is 0.681. The van der Waals surface area contributed by atoms with Crippen LogP contribution in [0.2, 0.25) is 0 Å². The number of nitrogens with one attached hydrogen (secondary N) is 2. The van der Waals surface area contributed by atoms with Crippen LogP contribution in [0.25, 0.3) is 0 Å². The summed E-state index contributed by atoms with van der Waals surface area (Å²) in [6.45, 7) is 15.2. The van der Waals surface area contributed by atoms with Gasteiger partial charge in [0.1, 0.15) is 11.4 Å². The summed E-state index contributed by atoms with van der Waals surface area (Å²) in [6.07, 6.45) is 9.24. The molecule has 3 heterocycles. The van der Waals surface area contributed by atoms with Crippen molar-refractivity contribution < 1.29 is 9.53 Å². The number of likely N-dealkylation sites (tertiary alicyclic amines) is 1. The number of nitrogens with zero attached hydrogens (tertiary/aromatic N) is 2. The number of piperidine rings is 1. The largest absolute Gasteiger partial charge is 0.487 e. The van der Waals surface area contributed by atoms with Gasteiger partial charge >= 0.3 is 0 Å². The highest BCUT2D eigenvalue weighted by molar-refractivity contribution is 6.37. The standard InChI is InChI=1S/C26H36N4O2.C2H6/c1-19-6-5-12-27-24(28-13-9-19)25(31)29-17-20-10-14-30(15-11-20)18-22-8-4-7-21-16-26(2,3)32-23(21)22;1-2/h4-9,20H,10-18H2,1-3H3,(H,27,28)(H,29,31);1-2H3/b6-5-,19-9-;. The number of aliphatic imine (C=N–C) groups is 1. The van der Waals surface area contributed by atoms with Crippen molar-refractivity contribution in [3.8, 4) is 5.75 Å².